The van der Waals surface area contributed by atoms with Crippen LogP contribution in [-0.2, 0) is 9.53 Å². The molecule has 6 nitrogen and oxygen atoms in total. The predicted octanol–water partition coefficient (Wildman–Crippen LogP) is 0.713. The Labute approximate surface area is 97.0 Å². The van der Waals surface area contributed by atoms with Crippen LogP contribution in [0, 0.1) is 0 Å². The van der Waals surface area contributed by atoms with E-state index in [2.05, 4.69) is 4.74 Å². The number of carbonyl (C=O) groups excluding carboxylic acids is 2. The number of ether oxygens (including phenoxy) is 1. The summed E-state index contributed by atoms with van der Waals surface area (Å²) in [5.41, 5.74) is 4.78. The van der Waals surface area contributed by atoms with Crippen LogP contribution in [0.4, 0.5) is 5.69 Å². The highest BCUT2D eigenvalue weighted by atomic mass is 16.5. The Balaban J connectivity index is 3.25. The summed E-state index contributed by atoms with van der Waals surface area (Å²) in [6, 6.07) is 3.94. The molecule has 0 saturated carbocycles. The molecular weight excluding hydrogens is 226 g/mol. The second-order valence-electron chi connectivity index (χ2n) is 3.12. The first-order valence-corrected chi connectivity index (χ1v) is 4.82. The van der Waals surface area contributed by atoms with Crippen molar-refractivity contribution in [3.8, 4) is 0 Å². The van der Waals surface area contributed by atoms with E-state index in [1.54, 1.807) is 0 Å². The molecule has 0 aromatic heterocycles. The molecule has 0 aliphatic heterocycles. The van der Waals surface area contributed by atoms with E-state index in [1.807, 2.05) is 0 Å². The Hall–Kier alpha value is -2.37. The number of ketones is 1. The first-order valence-electron chi connectivity index (χ1n) is 4.82. The maximum absolute atomic E-state index is 11.7. The molecule has 90 valence electrons. The van der Waals surface area contributed by atoms with Crippen molar-refractivity contribution in [2.75, 3.05) is 12.3 Å². The fraction of sp³-hybridized carbons (Fsp3) is 0.182. The zero-order valence-electron chi connectivity index (χ0n) is 9.10. The van der Waals surface area contributed by atoms with Crippen LogP contribution in [0.1, 0.15) is 27.6 Å². The third kappa shape index (κ3) is 2.60. The number of carbonyl (C=O) groups is 3. The molecule has 0 aliphatic carbocycles. The average molecular weight is 237 g/mol. The minimum absolute atomic E-state index is 0.0275. The highest BCUT2D eigenvalue weighted by Gasteiger charge is 2.25. The van der Waals surface area contributed by atoms with E-state index >= 15 is 0 Å². The summed E-state index contributed by atoms with van der Waals surface area (Å²) in [7, 11) is 0. The van der Waals surface area contributed by atoms with Gasteiger partial charge in [0.05, 0.1) is 17.7 Å². The summed E-state index contributed by atoms with van der Waals surface area (Å²) < 4.78 is 4.51. The number of hydrogen-bond acceptors (Lipinski definition) is 5. The monoisotopic (exact) mass is 237 g/mol. The lowest BCUT2D eigenvalue weighted by Crippen LogP contribution is -2.21. The molecule has 0 heterocycles. The van der Waals surface area contributed by atoms with E-state index in [9.17, 15) is 14.4 Å². The summed E-state index contributed by atoms with van der Waals surface area (Å²) >= 11 is 0. The standard InChI is InChI=1S/C11H11NO5/c1-2-17-11(16)9(13)8-6(10(14)15)4-3-5-7(8)12/h3-5H,2,12H2,1H3,(H,14,15). The molecule has 6 heteroatoms. The van der Waals surface area contributed by atoms with Gasteiger partial charge >= 0.3 is 11.9 Å². The number of Topliss-reactive ketones (excluding diaryl/α,β-unsaturated/α-hetero) is 1. The van der Waals surface area contributed by atoms with E-state index in [1.165, 1.54) is 25.1 Å². The van der Waals surface area contributed by atoms with E-state index < -0.39 is 17.7 Å². The Bertz CT molecular complexity index is 481. The molecule has 17 heavy (non-hydrogen) atoms. The SMILES string of the molecule is CCOC(=O)C(=O)c1c(N)cccc1C(=O)O. The summed E-state index contributed by atoms with van der Waals surface area (Å²) in [5.74, 6) is -3.50. The third-order valence-electron chi connectivity index (χ3n) is 2.01. The van der Waals surface area contributed by atoms with Crippen molar-refractivity contribution in [2.24, 2.45) is 0 Å². The second kappa shape index (κ2) is 5.11. The van der Waals surface area contributed by atoms with Crippen LogP contribution in [0.15, 0.2) is 18.2 Å². The number of nitrogen functional groups attached to an aromatic ring is 1. The van der Waals surface area contributed by atoms with Crippen molar-refractivity contribution < 1.29 is 24.2 Å². The summed E-state index contributed by atoms with van der Waals surface area (Å²) in [6.07, 6.45) is 0. The zero-order valence-corrected chi connectivity index (χ0v) is 9.10. The quantitative estimate of drug-likeness (QED) is 0.345. The summed E-state index contributed by atoms with van der Waals surface area (Å²) in [5, 5.41) is 8.89. The molecule has 1 rings (SSSR count). The van der Waals surface area contributed by atoms with Gasteiger partial charge in [0.15, 0.2) is 0 Å². The van der Waals surface area contributed by atoms with Gasteiger partial charge < -0.3 is 15.6 Å². The lowest BCUT2D eigenvalue weighted by atomic mass is 10.0. The smallest absolute Gasteiger partial charge is 0.379 e. The van der Waals surface area contributed by atoms with Crippen LogP contribution in [0.25, 0.3) is 0 Å². The average Bonchev–Trinajstić information content (AvgIpc) is 2.28. The zero-order chi connectivity index (χ0) is 13.0. The van der Waals surface area contributed by atoms with Gasteiger partial charge in [0.1, 0.15) is 0 Å². The maximum Gasteiger partial charge on any atom is 0.379 e. The number of nitrogens with two attached hydrogens (primary N) is 1. The van der Waals surface area contributed by atoms with Gasteiger partial charge in [0, 0.05) is 5.69 Å². The molecule has 3 N–H and O–H groups in total. The van der Waals surface area contributed by atoms with Gasteiger partial charge in [-0.1, -0.05) is 6.07 Å². The van der Waals surface area contributed by atoms with Crippen LogP contribution < -0.4 is 5.73 Å². The number of carboxylic acids is 1. The number of carboxylic acid groups (broad SMARTS) is 1. The van der Waals surface area contributed by atoms with Crippen molar-refractivity contribution in [1.29, 1.82) is 0 Å². The van der Waals surface area contributed by atoms with Crippen LogP contribution in [-0.4, -0.2) is 29.4 Å². The van der Waals surface area contributed by atoms with Gasteiger partial charge in [-0.3, -0.25) is 4.79 Å². The first kappa shape index (κ1) is 12.7. The number of anilines is 1. The van der Waals surface area contributed by atoms with Gasteiger partial charge in [-0.15, -0.1) is 0 Å². The molecule has 0 saturated heterocycles. The van der Waals surface area contributed by atoms with Crippen molar-refractivity contribution in [3.63, 3.8) is 0 Å². The summed E-state index contributed by atoms with van der Waals surface area (Å²) in [4.78, 5) is 33.8. The van der Waals surface area contributed by atoms with E-state index in [-0.39, 0.29) is 23.4 Å². The molecule has 1 aromatic carbocycles. The van der Waals surface area contributed by atoms with Gasteiger partial charge in [-0.2, -0.15) is 0 Å². The topological polar surface area (TPSA) is 107 Å². The van der Waals surface area contributed by atoms with Crippen molar-refractivity contribution >= 4 is 23.4 Å². The lowest BCUT2D eigenvalue weighted by molar-refractivity contribution is -0.137. The highest BCUT2D eigenvalue weighted by Crippen LogP contribution is 2.18. The fourth-order valence-electron chi connectivity index (χ4n) is 1.30. The first-order chi connectivity index (χ1) is 7.99. The van der Waals surface area contributed by atoms with E-state index in [4.69, 9.17) is 10.8 Å². The van der Waals surface area contributed by atoms with Gasteiger partial charge in [-0.05, 0) is 19.1 Å². The van der Waals surface area contributed by atoms with Gasteiger partial charge in [-0.25, -0.2) is 9.59 Å². The molecule has 1 aromatic rings. The Morgan fingerprint density at radius 1 is 1.35 bits per heavy atom. The van der Waals surface area contributed by atoms with Crippen molar-refractivity contribution in [3.05, 3.63) is 29.3 Å². The molecule has 0 radical (unpaired) electrons. The Morgan fingerprint density at radius 3 is 2.53 bits per heavy atom. The molecule has 0 bridgehead atoms. The Kier molecular flexibility index (Phi) is 3.82. The van der Waals surface area contributed by atoms with E-state index in [0.717, 1.165) is 0 Å². The molecule has 0 atom stereocenters. The minimum Gasteiger partial charge on any atom is -0.478 e. The van der Waals surface area contributed by atoms with Crippen LogP contribution in [0.2, 0.25) is 0 Å². The third-order valence-corrected chi connectivity index (χ3v) is 2.01. The minimum atomic E-state index is -1.33. The van der Waals surface area contributed by atoms with Crippen LogP contribution >= 0.6 is 0 Å². The summed E-state index contributed by atoms with van der Waals surface area (Å²) in [6.45, 7) is 1.57. The van der Waals surface area contributed by atoms with Crippen LogP contribution in [0.3, 0.4) is 0 Å². The molecule has 0 spiro atoms. The Morgan fingerprint density at radius 2 is 2.00 bits per heavy atom. The van der Waals surface area contributed by atoms with Gasteiger partial charge in [0.25, 0.3) is 5.78 Å². The molecule has 0 fully saturated rings. The predicted molar refractivity (Wildman–Crippen MR) is 58.8 cm³/mol. The number of aromatic carboxylic acids is 1. The number of rotatable bonds is 4. The number of benzene rings is 1. The van der Waals surface area contributed by atoms with Crippen LogP contribution in [0.5, 0.6) is 0 Å². The molecular formula is C11H11NO5. The molecule has 0 amide bonds. The van der Waals surface area contributed by atoms with Crippen molar-refractivity contribution in [2.45, 2.75) is 6.92 Å². The maximum atomic E-state index is 11.7. The van der Waals surface area contributed by atoms with Gasteiger partial charge in [0.2, 0.25) is 0 Å². The second-order valence-corrected chi connectivity index (χ2v) is 3.12. The lowest BCUT2D eigenvalue weighted by Gasteiger charge is -2.07. The highest BCUT2D eigenvalue weighted by molar-refractivity contribution is 6.43. The molecule has 0 unspecified atom stereocenters. The van der Waals surface area contributed by atoms with E-state index in [0.29, 0.717) is 0 Å². The fourth-order valence-corrected chi connectivity index (χ4v) is 1.30. The number of esters is 1. The number of hydrogen-bond donors (Lipinski definition) is 2. The largest absolute Gasteiger partial charge is 0.478 e. The van der Waals surface area contributed by atoms with Crippen molar-refractivity contribution in [1.82, 2.24) is 0 Å². The molecule has 0 aliphatic rings. The normalized spacial score (nSPS) is 9.71.